The number of rotatable bonds is 5. The van der Waals surface area contributed by atoms with Gasteiger partial charge in [0.05, 0.1) is 11.9 Å². The highest BCUT2D eigenvalue weighted by molar-refractivity contribution is 6.00. The van der Waals surface area contributed by atoms with Gasteiger partial charge in [-0.2, -0.15) is 0 Å². The third-order valence-corrected chi connectivity index (χ3v) is 4.86. The number of benzene rings is 1. The van der Waals surface area contributed by atoms with Gasteiger partial charge in [-0.25, -0.2) is 9.78 Å². The Hall–Kier alpha value is -3.09. The molecule has 0 saturated heterocycles. The lowest BCUT2D eigenvalue weighted by Crippen LogP contribution is -2.62. The first-order chi connectivity index (χ1) is 12.9. The molecular weight excluding hydrogens is 358 g/mol. The standard InChI is InChI=1S/C21H27N3O4/c1-13-7-8-14(2)16(11-13)28-17-10-9-15(12-22-17)23-18(25)21(6,20(3,4)5)24-19(26)27/h7-12,24H,1-6H3,(H,23,25)(H,26,27)/t21-/m0/s1. The molecule has 1 atom stereocenters. The minimum atomic E-state index is -1.33. The van der Waals surface area contributed by atoms with Crippen molar-refractivity contribution in [3.05, 3.63) is 47.7 Å². The van der Waals surface area contributed by atoms with Crippen LogP contribution in [0.1, 0.15) is 38.8 Å². The zero-order valence-corrected chi connectivity index (χ0v) is 17.1. The van der Waals surface area contributed by atoms with Crippen LogP contribution >= 0.6 is 0 Å². The van der Waals surface area contributed by atoms with Crippen molar-refractivity contribution in [3.63, 3.8) is 0 Å². The van der Waals surface area contributed by atoms with Crippen LogP contribution in [-0.2, 0) is 4.79 Å². The predicted molar refractivity (Wildman–Crippen MR) is 108 cm³/mol. The van der Waals surface area contributed by atoms with Gasteiger partial charge in [0.25, 0.3) is 5.91 Å². The van der Waals surface area contributed by atoms with E-state index in [9.17, 15) is 9.59 Å². The van der Waals surface area contributed by atoms with E-state index >= 15 is 0 Å². The Labute approximate surface area is 165 Å². The summed E-state index contributed by atoms with van der Waals surface area (Å²) in [5, 5.41) is 14.2. The van der Waals surface area contributed by atoms with E-state index in [1.54, 1.807) is 39.8 Å². The van der Waals surface area contributed by atoms with E-state index in [0.717, 1.165) is 16.9 Å². The molecule has 0 saturated carbocycles. The summed E-state index contributed by atoms with van der Waals surface area (Å²) >= 11 is 0. The van der Waals surface area contributed by atoms with Gasteiger partial charge in [-0.1, -0.05) is 32.9 Å². The topological polar surface area (TPSA) is 101 Å². The number of anilines is 1. The number of carbonyl (C=O) groups excluding carboxylic acids is 1. The molecule has 0 unspecified atom stereocenters. The number of carbonyl (C=O) groups is 2. The van der Waals surface area contributed by atoms with Gasteiger partial charge in [0.1, 0.15) is 11.3 Å². The van der Waals surface area contributed by atoms with Crippen molar-refractivity contribution in [1.29, 1.82) is 0 Å². The summed E-state index contributed by atoms with van der Waals surface area (Å²) in [6.45, 7) is 10.9. The molecule has 0 aliphatic rings. The Kier molecular flexibility index (Phi) is 5.97. The number of amides is 2. The van der Waals surface area contributed by atoms with E-state index in [-0.39, 0.29) is 0 Å². The maximum atomic E-state index is 12.8. The minimum Gasteiger partial charge on any atom is -0.465 e. The molecule has 150 valence electrons. The molecule has 0 radical (unpaired) electrons. The highest BCUT2D eigenvalue weighted by Gasteiger charge is 2.45. The molecule has 0 aliphatic heterocycles. The first kappa shape index (κ1) is 21.2. The lowest BCUT2D eigenvalue weighted by molar-refractivity contribution is -0.125. The van der Waals surface area contributed by atoms with E-state index in [0.29, 0.717) is 11.6 Å². The zero-order valence-electron chi connectivity index (χ0n) is 17.1. The highest BCUT2D eigenvalue weighted by Crippen LogP contribution is 2.32. The van der Waals surface area contributed by atoms with E-state index in [4.69, 9.17) is 9.84 Å². The fourth-order valence-corrected chi connectivity index (χ4v) is 2.50. The molecule has 0 spiro atoms. The summed E-state index contributed by atoms with van der Waals surface area (Å²) in [6, 6.07) is 9.22. The molecule has 1 heterocycles. The molecule has 7 nitrogen and oxygen atoms in total. The van der Waals surface area contributed by atoms with Crippen LogP contribution in [0.5, 0.6) is 11.6 Å². The van der Waals surface area contributed by atoms with Crippen molar-refractivity contribution in [2.75, 3.05) is 5.32 Å². The maximum absolute atomic E-state index is 12.8. The molecule has 0 fully saturated rings. The number of hydrogen-bond acceptors (Lipinski definition) is 4. The Morgan fingerprint density at radius 2 is 1.75 bits per heavy atom. The van der Waals surface area contributed by atoms with Crippen molar-refractivity contribution < 1.29 is 19.4 Å². The van der Waals surface area contributed by atoms with Gasteiger partial charge in [-0.15, -0.1) is 0 Å². The smallest absolute Gasteiger partial charge is 0.405 e. The monoisotopic (exact) mass is 385 g/mol. The first-order valence-corrected chi connectivity index (χ1v) is 8.96. The average Bonchev–Trinajstić information content (AvgIpc) is 2.58. The summed E-state index contributed by atoms with van der Waals surface area (Å²) in [5.41, 5.74) is 0.546. The Morgan fingerprint density at radius 3 is 2.29 bits per heavy atom. The number of nitrogens with one attached hydrogen (secondary N) is 2. The zero-order chi connectivity index (χ0) is 21.1. The van der Waals surface area contributed by atoms with E-state index < -0.39 is 23.0 Å². The number of hydrogen-bond donors (Lipinski definition) is 3. The number of pyridine rings is 1. The Balaban J connectivity index is 2.15. The SMILES string of the molecule is Cc1ccc(C)c(Oc2ccc(NC(=O)[C@](C)(NC(=O)O)C(C)(C)C)cn2)c1. The van der Waals surface area contributed by atoms with Crippen LogP contribution in [0, 0.1) is 19.3 Å². The third-order valence-electron chi connectivity index (χ3n) is 4.86. The second-order valence-electron chi connectivity index (χ2n) is 8.02. The summed E-state index contributed by atoms with van der Waals surface area (Å²) in [5.74, 6) is 0.650. The first-order valence-electron chi connectivity index (χ1n) is 8.96. The summed E-state index contributed by atoms with van der Waals surface area (Å²) in [4.78, 5) is 28.2. The number of nitrogens with zero attached hydrogens (tertiary/aromatic N) is 1. The molecule has 0 bridgehead atoms. The number of aromatic nitrogens is 1. The molecule has 3 N–H and O–H groups in total. The molecule has 28 heavy (non-hydrogen) atoms. The van der Waals surface area contributed by atoms with Crippen LogP contribution in [-0.4, -0.2) is 27.6 Å². The minimum absolute atomic E-state index is 0.397. The van der Waals surface area contributed by atoms with Crippen LogP contribution in [0.25, 0.3) is 0 Å². The third kappa shape index (κ3) is 4.79. The summed E-state index contributed by atoms with van der Waals surface area (Å²) in [7, 11) is 0. The van der Waals surface area contributed by atoms with Gasteiger partial charge in [0.15, 0.2) is 0 Å². The largest absolute Gasteiger partial charge is 0.465 e. The fraction of sp³-hybridized carbons (Fsp3) is 0.381. The summed E-state index contributed by atoms with van der Waals surface area (Å²) in [6.07, 6.45) is 0.213. The Bertz CT molecular complexity index is 872. The van der Waals surface area contributed by atoms with Crippen molar-refractivity contribution in [2.45, 2.75) is 47.1 Å². The van der Waals surface area contributed by atoms with Crippen molar-refractivity contribution in [2.24, 2.45) is 5.41 Å². The lowest BCUT2D eigenvalue weighted by atomic mass is 9.74. The van der Waals surface area contributed by atoms with Crippen LogP contribution in [0.4, 0.5) is 10.5 Å². The van der Waals surface area contributed by atoms with E-state index in [1.165, 1.54) is 6.20 Å². The molecule has 7 heteroatoms. The van der Waals surface area contributed by atoms with Gasteiger partial charge < -0.3 is 20.5 Å². The van der Waals surface area contributed by atoms with Gasteiger partial charge in [-0.3, -0.25) is 4.79 Å². The molecule has 2 rings (SSSR count). The van der Waals surface area contributed by atoms with Gasteiger partial charge in [-0.05, 0) is 49.4 Å². The summed E-state index contributed by atoms with van der Waals surface area (Å²) < 4.78 is 5.81. The molecule has 2 aromatic rings. The molecular formula is C21H27N3O4. The second-order valence-corrected chi connectivity index (χ2v) is 8.02. The van der Waals surface area contributed by atoms with Gasteiger partial charge in [0.2, 0.25) is 5.88 Å². The Morgan fingerprint density at radius 1 is 1.07 bits per heavy atom. The van der Waals surface area contributed by atoms with Crippen LogP contribution in [0.2, 0.25) is 0 Å². The number of ether oxygens (including phenoxy) is 1. The number of carboxylic acid groups (broad SMARTS) is 1. The van der Waals surface area contributed by atoms with E-state index in [1.807, 2.05) is 32.0 Å². The molecule has 2 amide bonds. The molecule has 1 aromatic carbocycles. The lowest BCUT2D eigenvalue weighted by Gasteiger charge is -2.40. The fourth-order valence-electron chi connectivity index (χ4n) is 2.50. The highest BCUT2D eigenvalue weighted by atomic mass is 16.5. The van der Waals surface area contributed by atoms with Gasteiger partial charge in [0, 0.05) is 6.07 Å². The van der Waals surface area contributed by atoms with Crippen LogP contribution < -0.4 is 15.4 Å². The van der Waals surface area contributed by atoms with Crippen LogP contribution in [0.3, 0.4) is 0 Å². The quantitative estimate of drug-likeness (QED) is 0.703. The molecule has 1 aromatic heterocycles. The van der Waals surface area contributed by atoms with Gasteiger partial charge >= 0.3 is 6.09 Å². The van der Waals surface area contributed by atoms with E-state index in [2.05, 4.69) is 15.6 Å². The number of aryl methyl sites for hydroxylation is 2. The van der Waals surface area contributed by atoms with Crippen molar-refractivity contribution in [1.82, 2.24) is 10.3 Å². The normalized spacial score (nSPS) is 13.4. The average molecular weight is 385 g/mol. The van der Waals surface area contributed by atoms with Crippen molar-refractivity contribution in [3.8, 4) is 11.6 Å². The predicted octanol–water partition coefficient (Wildman–Crippen LogP) is 4.50. The van der Waals surface area contributed by atoms with Crippen molar-refractivity contribution >= 4 is 17.7 Å². The molecule has 0 aliphatic carbocycles. The maximum Gasteiger partial charge on any atom is 0.405 e. The second kappa shape index (κ2) is 7.88. The van der Waals surface area contributed by atoms with Crippen LogP contribution in [0.15, 0.2) is 36.5 Å².